The van der Waals surface area contributed by atoms with Gasteiger partial charge in [-0.2, -0.15) is 13.2 Å². The van der Waals surface area contributed by atoms with E-state index in [0.29, 0.717) is 6.07 Å². The molecule has 1 rings (SSSR count). The zero-order valence-corrected chi connectivity index (χ0v) is 9.32. The van der Waals surface area contributed by atoms with Gasteiger partial charge in [-0.25, -0.2) is 9.97 Å². The monoisotopic (exact) mass is 264 g/mol. The highest BCUT2D eigenvalue weighted by atomic mass is 19.4. The van der Waals surface area contributed by atoms with E-state index in [4.69, 9.17) is 5.11 Å². The Morgan fingerprint density at radius 2 is 2.22 bits per heavy atom. The first kappa shape index (κ1) is 14.2. The number of hydrogen-bond donors (Lipinski definition) is 3. The van der Waals surface area contributed by atoms with Crippen LogP contribution in [0.2, 0.25) is 0 Å². The van der Waals surface area contributed by atoms with Crippen LogP contribution in [0.5, 0.6) is 0 Å². The molecule has 1 heterocycles. The zero-order chi connectivity index (χ0) is 13.8. The third-order valence-corrected chi connectivity index (χ3v) is 1.99. The fourth-order valence-corrected chi connectivity index (χ4v) is 1.11. The first-order valence-electron chi connectivity index (χ1n) is 4.87. The number of hydrogen-bond acceptors (Lipinski definition) is 5. The summed E-state index contributed by atoms with van der Waals surface area (Å²) >= 11 is 0. The summed E-state index contributed by atoms with van der Waals surface area (Å²) in [6, 6.07) is -0.405. The van der Waals surface area contributed by atoms with Gasteiger partial charge in [0.25, 0.3) is 0 Å². The van der Waals surface area contributed by atoms with Crippen molar-refractivity contribution < 1.29 is 23.1 Å². The van der Waals surface area contributed by atoms with E-state index >= 15 is 0 Å². The Morgan fingerprint density at radius 1 is 1.56 bits per heavy atom. The number of carbonyl (C=O) groups excluding carboxylic acids is 1. The van der Waals surface area contributed by atoms with Gasteiger partial charge >= 0.3 is 6.18 Å². The normalized spacial score (nSPS) is 12.9. The number of nitrogens with one attached hydrogen (secondary N) is 2. The van der Waals surface area contributed by atoms with Gasteiger partial charge in [0.2, 0.25) is 11.9 Å². The number of amides is 1. The van der Waals surface area contributed by atoms with Crippen LogP contribution in [0.4, 0.5) is 19.1 Å². The van der Waals surface area contributed by atoms with E-state index in [1.165, 1.54) is 7.05 Å². The lowest BCUT2D eigenvalue weighted by molar-refractivity contribution is -0.141. The van der Waals surface area contributed by atoms with Crippen LogP contribution < -0.4 is 10.6 Å². The zero-order valence-electron chi connectivity index (χ0n) is 9.32. The fourth-order valence-electron chi connectivity index (χ4n) is 1.11. The van der Waals surface area contributed by atoms with E-state index in [1.54, 1.807) is 0 Å². The van der Waals surface area contributed by atoms with Crippen molar-refractivity contribution in [2.45, 2.75) is 12.2 Å². The fraction of sp³-hybridized carbons (Fsp3) is 0.444. The van der Waals surface area contributed by atoms with Crippen LogP contribution >= 0.6 is 0 Å². The smallest absolute Gasteiger partial charge is 0.394 e. The van der Waals surface area contributed by atoms with Crippen molar-refractivity contribution >= 4 is 11.9 Å². The average molecular weight is 264 g/mol. The van der Waals surface area contributed by atoms with Gasteiger partial charge < -0.3 is 15.7 Å². The first-order chi connectivity index (χ1) is 8.38. The minimum Gasteiger partial charge on any atom is -0.394 e. The second-order valence-electron chi connectivity index (χ2n) is 3.26. The molecule has 0 aliphatic carbocycles. The van der Waals surface area contributed by atoms with Gasteiger partial charge in [-0.05, 0) is 6.07 Å². The number of carbonyl (C=O) groups is 1. The van der Waals surface area contributed by atoms with E-state index in [-0.39, 0.29) is 5.95 Å². The predicted octanol–water partition coefficient (Wildman–Crippen LogP) is 0.0142. The van der Waals surface area contributed by atoms with Crippen LogP contribution in [-0.2, 0) is 11.0 Å². The Labute approximate surface area is 100 Å². The summed E-state index contributed by atoms with van der Waals surface area (Å²) < 4.78 is 37.1. The second-order valence-corrected chi connectivity index (χ2v) is 3.26. The van der Waals surface area contributed by atoms with Crippen LogP contribution in [-0.4, -0.2) is 40.7 Å². The Hall–Kier alpha value is -1.90. The molecular formula is C9H11F3N4O2. The predicted molar refractivity (Wildman–Crippen MR) is 55.6 cm³/mol. The number of aliphatic hydroxyl groups excluding tert-OH is 1. The third-order valence-electron chi connectivity index (χ3n) is 1.99. The first-order valence-corrected chi connectivity index (χ1v) is 4.87. The Balaban J connectivity index is 2.88. The number of halogens is 3. The van der Waals surface area contributed by atoms with Crippen LogP contribution in [0.1, 0.15) is 5.69 Å². The molecule has 18 heavy (non-hydrogen) atoms. The topological polar surface area (TPSA) is 87.1 Å². The molecule has 1 atom stereocenters. The molecule has 0 aliphatic rings. The molecule has 1 aromatic rings. The van der Waals surface area contributed by atoms with Crippen molar-refractivity contribution in [1.82, 2.24) is 15.3 Å². The number of anilines is 1. The molecule has 1 aromatic heterocycles. The molecular weight excluding hydrogens is 253 g/mol. The van der Waals surface area contributed by atoms with Crippen molar-refractivity contribution in [3.63, 3.8) is 0 Å². The number of nitrogens with zero attached hydrogens (tertiary/aromatic N) is 2. The lowest BCUT2D eigenvalue weighted by atomic mass is 10.3. The molecule has 0 fully saturated rings. The maximum absolute atomic E-state index is 12.4. The number of rotatable bonds is 4. The molecule has 1 amide bonds. The number of aromatic nitrogens is 2. The van der Waals surface area contributed by atoms with Crippen molar-refractivity contribution in [3.05, 3.63) is 18.0 Å². The maximum Gasteiger partial charge on any atom is 0.433 e. The van der Waals surface area contributed by atoms with Crippen molar-refractivity contribution in [2.75, 3.05) is 19.0 Å². The Morgan fingerprint density at radius 3 is 2.72 bits per heavy atom. The highest BCUT2D eigenvalue weighted by molar-refractivity contribution is 5.83. The largest absolute Gasteiger partial charge is 0.433 e. The molecule has 0 aromatic carbocycles. The van der Waals surface area contributed by atoms with Crippen LogP contribution in [0.3, 0.4) is 0 Å². The van der Waals surface area contributed by atoms with Gasteiger partial charge in [-0.3, -0.25) is 4.79 Å². The Kier molecular flexibility index (Phi) is 4.43. The molecule has 0 unspecified atom stereocenters. The summed E-state index contributed by atoms with van der Waals surface area (Å²) in [5, 5.41) is 13.5. The molecule has 100 valence electrons. The third kappa shape index (κ3) is 3.55. The van der Waals surface area contributed by atoms with Gasteiger partial charge in [-0.1, -0.05) is 0 Å². The lowest BCUT2D eigenvalue weighted by Gasteiger charge is -2.15. The molecule has 0 saturated carbocycles. The summed E-state index contributed by atoms with van der Waals surface area (Å²) in [7, 11) is 1.33. The molecule has 9 heteroatoms. The molecule has 6 nitrogen and oxygen atoms in total. The highest BCUT2D eigenvalue weighted by Gasteiger charge is 2.33. The van der Waals surface area contributed by atoms with Gasteiger partial charge in [0.05, 0.1) is 6.61 Å². The molecule has 0 saturated heterocycles. The average Bonchev–Trinajstić information content (AvgIpc) is 2.34. The van der Waals surface area contributed by atoms with E-state index in [9.17, 15) is 18.0 Å². The van der Waals surface area contributed by atoms with E-state index in [2.05, 4.69) is 20.6 Å². The summed E-state index contributed by atoms with van der Waals surface area (Å²) in [6.07, 6.45) is -3.68. The van der Waals surface area contributed by atoms with Crippen molar-refractivity contribution in [2.24, 2.45) is 0 Å². The minimum absolute atomic E-state index is 0.382. The lowest BCUT2D eigenvalue weighted by Crippen LogP contribution is -2.40. The van der Waals surface area contributed by atoms with Gasteiger partial charge in [0.1, 0.15) is 11.7 Å². The quantitative estimate of drug-likeness (QED) is 0.713. The van der Waals surface area contributed by atoms with E-state index in [1.807, 2.05) is 0 Å². The van der Waals surface area contributed by atoms with Gasteiger partial charge in [0, 0.05) is 13.2 Å². The van der Waals surface area contributed by atoms with E-state index in [0.717, 1.165) is 6.20 Å². The van der Waals surface area contributed by atoms with Crippen LogP contribution in [0.15, 0.2) is 12.3 Å². The maximum atomic E-state index is 12.4. The second kappa shape index (κ2) is 5.63. The molecule has 0 bridgehead atoms. The standard InChI is InChI=1S/C9H11F3N4O2/c1-13-7(18)5(4-17)15-8-14-3-2-6(16-8)9(10,11)12/h2-3,5,17H,4H2,1H3,(H,13,18)(H,14,15,16)/t5-/m1/s1. The SMILES string of the molecule is CNC(=O)[C@@H](CO)Nc1nccc(C(F)(F)F)n1. The van der Waals surface area contributed by atoms with Crippen molar-refractivity contribution in [3.8, 4) is 0 Å². The summed E-state index contributed by atoms with van der Waals surface area (Å²) in [5.41, 5.74) is -1.13. The number of alkyl halides is 3. The van der Waals surface area contributed by atoms with Crippen LogP contribution in [0.25, 0.3) is 0 Å². The number of likely N-dealkylation sites (N-methyl/N-ethyl adjacent to an activating group) is 1. The summed E-state index contributed by atoms with van der Waals surface area (Å²) in [5.74, 6) is -0.967. The molecule has 0 spiro atoms. The van der Waals surface area contributed by atoms with Crippen molar-refractivity contribution in [1.29, 1.82) is 0 Å². The molecule has 0 radical (unpaired) electrons. The van der Waals surface area contributed by atoms with Gasteiger partial charge in [-0.15, -0.1) is 0 Å². The number of aliphatic hydroxyl groups is 1. The van der Waals surface area contributed by atoms with Crippen LogP contribution in [0, 0.1) is 0 Å². The van der Waals surface area contributed by atoms with E-state index < -0.39 is 30.4 Å². The summed E-state index contributed by atoms with van der Waals surface area (Å²) in [4.78, 5) is 18.0. The Bertz CT molecular complexity index is 425. The highest BCUT2D eigenvalue weighted by Crippen LogP contribution is 2.27. The minimum atomic E-state index is -4.60. The summed E-state index contributed by atoms with van der Waals surface area (Å²) in [6.45, 7) is -0.598. The molecule has 0 aliphatic heterocycles. The molecule has 3 N–H and O–H groups in total. The van der Waals surface area contributed by atoms with Gasteiger partial charge in [0.15, 0.2) is 0 Å².